The summed E-state index contributed by atoms with van der Waals surface area (Å²) in [5.41, 5.74) is 2.56. The van der Waals surface area contributed by atoms with Crippen LogP contribution in [0.3, 0.4) is 0 Å². The average Bonchev–Trinajstić information content (AvgIpc) is 2.66. The summed E-state index contributed by atoms with van der Waals surface area (Å²) in [7, 11) is 0. The predicted molar refractivity (Wildman–Crippen MR) is 111 cm³/mol. The van der Waals surface area contributed by atoms with Gasteiger partial charge in [0.05, 0.1) is 13.2 Å². The van der Waals surface area contributed by atoms with Gasteiger partial charge in [0, 0.05) is 17.7 Å². The van der Waals surface area contributed by atoms with Gasteiger partial charge in [0.25, 0.3) is 5.91 Å². The molecule has 0 aliphatic carbocycles. The van der Waals surface area contributed by atoms with Crippen molar-refractivity contribution in [1.82, 2.24) is 0 Å². The lowest BCUT2D eigenvalue weighted by Gasteiger charge is -2.19. The van der Waals surface area contributed by atoms with Crippen LogP contribution in [-0.4, -0.2) is 25.1 Å². The monoisotopic (exact) mass is 383 g/mol. The molecule has 2 rings (SSSR count). The zero-order valence-corrected chi connectivity index (χ0v) is 17.1. The molecule has 150 valence electrons. The summed E-state index contributed by atoms with van der Waals surface area (Å²) in [5.74, 6) is 0.333. The summed E-state index contributed by atoms with van der Waals surface area (Å²) in [5, 5.41) is 2.88. The first-order valence-electron chi connectivity index (χ1n) is 9.60. The van der Waals surface area contributed by atoms with Gasteiger partial charge in [-0.15, -0.1) is 0 Å². The third kappa shape index (κ3) is 6.72. The van der Waals surface area contributed by atoms with Crippen LogP contribution in [0.5, 0.6) is 5.75 Å². The second-order valence-corrected chi connectivity index (χ2v) is 7.56. The van der Waals surface area contributed by atoms with Crippen LogP contribution in [0.4, 0.5) is 5.69 Å². The largest absolute Gasteiger partial charge is 0.494 e. The number of esters is 1. The van der Waals surface area contributed by atoms with Crippen LogP contribution in [0.25, 0.3) is 0 Å². The highest BCUT2D eigenvalue weighted by Gasteiger charge is 2.14. The molecule has 0 aromatic heterocycles. The Morgan fingerprint density at radius 1 is 0.964 bits per heavy atom. The van der Waals surface area contributed by atoms with Gasteiger partial charge in [0.1, 0.15) is 5.75 Å². The Balaban J connectivity index is 1.83. The highest BCUT2D eigenvalue weighted by atomic mass is 16.5. The Morgan fingerprint density at radius 3 is 2.18 bits per heavy atom. The number of hydrogen-bond acceptors (Lipinski definition) is 4. The maximum atomic E-state index is 12.4. The second-order valence-electron chi connectivity index (χ2n) is 7.56. The molecule has 0 saturated carbocycles. The number of anilines is 1. The summed E-state index contributed by atoms with van der Waals surface area (Å²) in [6.07, 6.45) is 0.942. The van der Waals surface area contributed by atoms with Crippen molar-refractivity contribution in [2.75, 3.05) is 18.5 Å². The van der Waals surface area contributed by atoms with E-state index in [9.17, 15) is 9.59 Å². The highest BCUT2D eigenvalue weighted by molar-refractivity contribution is 6.04. The van der Waals surface area contributed by atoms with Crippen molar-refractivity contribution in [2.45, 2.75) is 46.0 Å². The van der Waals surface area contributed by atoms with E-state index in [1.807, 2.05) is 24.3 Å². The van der Waals surface area contributed by atoms with Gasteiger partial charge in [-0.1, -0.05) is 32.9 Å². The zero-order valence-electron chi connectivity index (χ0n) is 17.1. The van der Waals surface area contributed by atoms with Gasteiger partial charge in [-0.3, -0.25) is 9.59 Å². The van der Waals surface area contributed by atoms with E-state index in [0.29, 0.717) is 43.1 Å². The fraction of sp³-hybridized carbons (Fsp3) is 0.391. The van der Waals surface area contributed by atoms with Crippen molar-refractivity contribution in [1.29, 1.82) is 0 Å². The van der Waals surface area contributed by atoms with Crippen molar-refractivity contribution in [3.8, 4) is 5.75 Å². The molecule has 5 nitrogen and oxygen atoms in total. The number of amides is 1. The van der Waals surface area contributed by atoms with Crippen molar-refractivity contribution in [2.24, 2.45) is 0 Å². The average molecular weight is 383 g/mol. The maximum absolute atomic E-state index is 12.4. The Kier molecular flexibility index (Phi) is 7.61. The number of rotatable bonds is 8. The Morgan fingerprint density at radius 2 is 1.61 bits per heavy atom. The molecule has 0 saturated heterocycles. The summed E-state index contributed by atoms with van der Waals surface area (Å²) >= 11 is 0. The Hall–Kier alpha value is -2.82. The molecule has 0 radical (unpaired) electrons. The minimum Gasteiger partial charge on any atom is -0.494 e. The first-order chi connectivity index (χ1) is 13.3. The van der Waals surface area contributed by atoms with E-state index >= 15 is 0 Å². The lowest BCUT2D eigenvalue weighted by Crippen LogP contribution is -2.14. The molecule has 28 heavy (non-hydrogen) atoms. The number of benzene rings is 2. The molecule has 0 heterocycles. The van der Waals surface area contributed by atoms with Crippen LogP contribution in [0.15, 0.2) is 48.5 Å². The first kappa shape index (κ1) is 21.5. The quantitative estimate of drug-likeness (QED) is 0.517. The highest BCUT2D eigenvalue weighted by Crippen LogP contribution is 2.23. The van der Waals surface area contributed by atoms with E-state index in [1.165, 1.54) is 5.56 Å². The summed E-state index contributed by atoms with van der Waals surface area (Å²) in [6.45, 7) is 9.04. The second kappa shape index (κ2) is 9.93. The molecule has 0 aliphatic heterocycles. The molecule has 2 aromatic rings. The van der Waals surface area contributed by atoms with Crippen LogP contribution < -0.4 is 10.1 Å². The topological polar surface area (TPSA) is 64.6 Å². The van der Waals surface area contributed by atoms with Gasteiger partial charge in [-0.2, -0.15) is 0 Å². The van der Waals surface area contributed by atoms with Gasteiger partial charge in [0.15, 0.2) is 0 Å². The summed E-state index contributed by atoms with van der Waals surface area (Å²) in [6, 6.07) is 14.8. The van der Waals surface area contributed by atoms with E-state index in [-0.39, 0.29) is 17.3 Å². The van der Waals surface area contributed by atoms with Crippen molar-refractivity contribution in [3.63, 3.8) is 0 Å². The standard InChI is InChI=1S/C23H29NO4/c1-5-27-21(25)7-6-16-28-20-14-12-19(13-15-20)24-22(26)17-8-10-18(11-9-17)23(2,3)4/h8-15H,5-7,16H2,1-4H3,(H,24,26). The van der Waals surface area contributed by atoms with E-state index in [4.69, 9.17) is 9.47 Å². The molecule has 0 bridgehead atoms. The molecular weight excluding hydrogens is 354 g/mol. The van der Waals surface area contributed by atoms with Crippen LogP contribution in [0.1, 0.15) is 56.5 Å². The molecule has 5 heteroatoms. The van der Waals surface area contributed by atoms with Crippen LogP contribution in [-0.2, 0) is 14.9 Å². The van der Waals surface area contributed by atoms with E-state index in [1.54, 1.807) is 31.2 Å². The normalized spacial score (nSPS) is 11.0. The van der Waals surface area contributed by atoms with E-state index < -0.39 is 0 Å². The fourth-order valence-electron chi connectivity index (χ4n) is 2.60. The lowest BCUT2D eigenvalue weighted by molar-refractivity contribution is -0.143. The van der Waals surface area contributed by atoms with Crippen molar-refractivity contribution < 1.29 is 19.1 Å². The smallest absolute Gasteiger partial charge is 0.305 e. The van der Waals surface area contributed by atoms with Crippen LogP contribution in [0, 0.1) is 0 Å². The molecule has 2 aromatic carbocycles. The van der Waals surface area contributed by atoms with Gasteiger partial charge in [0.2, 0.25) is 0 Å². The number of nitrogens with one attached hydrogen (secondary N) is 1. The lowest BCUT2D eigenvalue weighted by atomic mass is 9.87. The van der Waals surface area contributed by atoms with Crippen LogP contribution in [0.2, 0.25) is 0 Å². The molecule has 0 atom stereocenters. The maximum Gasteiger partial charge on any atom is 0.305 e. The Bertz CT molecular complexity index is 774. The molecular formula is C23H29NO4. The molecule has 1 amide bonds. The molecule has 0 unspecified atom stereocenters. The molecule has 0 spiro atoms. The molecule has 0 aliphatic rings. The number of hydrogen-bond donors (Lipinski definition) is 1. The van der Waals surface area contributed by atoms with Gasteiger partial charge in [-0.25, -0.2) is 0 Å². The van der Waals surface area contributed by atoms with Gasteiger partial charge in [-0.05, 0) is 60.7 Å². The van der Waals surface area contributed by atoms with E-state index in [2.05, 4.69) is 26.1 Å². The molecule has 1 N–H and O–H groups in total. The summed E-state index contributed by atoms with van der Waals surface area (Å²) < 4.78 is 10.5. The minimum atomic E-state index is -0.209. The minimum absolute atomic E-state index is 0.0567. The van der Waals surface area contributed by atoms with Crippen LogP contribution >= 0.6 is 0 Å². The van der Waals surface area contributed by atoms with Gasteiger partial charge >= 0.3 is 5.97 Å². The Labute approximate surface area is 167 Å². The van der Waals surface area contributed by atoms with Crippen molar-refractivity contribution in [3.05, 3.63) is 59.7 Å². The third-order valence-electron chi connectivity index (χ3n) is 4.22. The number of carbonyl (C=O) groups excluding carboxylic acids is 2. The third-order valence-corrected chi connectivity index (χ3v) is 4.22. The number of carbonyl (C=O) groups is 2. The van der Waals surface area contributed by atoms with Crippen molar-refractivity contribution >= 4 is 17.6 Å². The fourth-order valence-corrected chi connectivity index (χ4v) is 2.60. The molecule has 0 fully saturated rings. The zero-order chi connectivity index (χ0) is 20.6. The predicted octanol–water partition coefficient (Wildman–Crippen LogP) is 4.96. The SMILES string of the molecule is CCOC(=O)CCCOc1ccc(NC(=O)c2ccc(C(C)(C)C)cc2)cc1. The summed E-state index contributed by atoms with van der Waals surface area (Å²) in [4.78, 5) is 23.7. The van der Waals surface area contributed by atoms with Gasteiger partial charge < -0.3 is 14.8 Å². The number of ether oxygens (including phenoxy) is 2. The van der Waals surface area contributed by atoms with E-state index in [0.717, 1.165) is 0 Å². The first-order valence-corrected chi connectivity index (χ1v) is 9.60.